The first-order valence-corrected chi connectivity index (χ1v) is 4.13. The van der Waals surface area contributed by atoms with E-state index in [1.165, 1.54) is 6.08 Å². The lowest BCUT2D eigenvalue weighted by Crippen LogP contribution is -2.35. The van der Waals surface area contributed by atoms with Gasteiger partial charge >= 0.3 is 0 Å². The summed E-state index contributed by atoms with van der Waals surface area (Å²) in [7, 11) is 0. The lowest BCUT2D eigenvalue weighted by molar-refractivity contribution is -0.119. The Kier molecular flexibility index (Phi) is 2.65. The zero-order valence-electron chi connectivity index (χ0n) is 7.32. The molecule has 0 saturated heterocycles. The van der Waals surface area contributed by atoms with Crippen molar-refractivity contribution in [3.05, 3.63) is 11.6 Å². The highest BCUT2D eigenvalue weighted by atomic mass is 16.3. The second-order valence-corrected chi connectivity index (χ2v) is 3.48. The maximum absolute atomic E-state index is 11.0. The molecule has 0 amide bonds. The van der Waals surface area contributed by atoms with Crippen LogP contribution in [0.15, 0.2) is 11.6 Å². The summed E-state index contributed by atoms with van der Waals surface area (Å²) in [6.07, 6.45) is -0.290. The lowest BCUT2D eigenvalue weighted by atomic mass is 9.86. The predicted octanol–water partition coefficient (Wildman–Crippen LogP) is 0.263. The van der Waals surface area contributed by atoms with Crippen LogP contribution < -0.4 is 0 Å². The Morgan fingerprint density at radius 1 is 1.50 bits per heavy atom. The molecule has 68 valence electrons. The van der Waals surface area contributed by atoms with Crippen molar-refractivity contribution >= 4 is 5.78 Å². The van der Waals surface area contributed by atoms with Crippen molar-refractivity contribution in [1.82, 2.24) is 0 Å². The van der Waals surface area contributed by atoms with Gasteiger partial charge in [0.15, 0.2) is 5.78 Å². The van der Waals surface area contributed by atoms with E-state index in [-0.39, 0.29) is 18.1 Å². The number of hydrogen-bond acceptors (Lipinski definition) is 3. The summed E-state index contributed by atoms with van der Waals surface area (Å²) in [5, 5.41) is 18.7. The van der Waals surface area contributed by atoms with E-state index in [9.17, 15) is 15.0 Å². The van der Waals surface area contributed by atoms with Gasteiger partial charge < -0.3 is 10.2 Å². The minimum atomic E-state index is -0.917. The molecule has 0 aliphatic heterocycles. The summed E-state index contributed by atoms with van der Waals surface area (Å²) in [6, 6.07) is 0. The van der Waals surface area contributed by atoms with Gasteiger partial charge in [0, 0.05) is 6.42 Å². The van der Waals surface area contributed by atoms with Crippen molar-refractivity contribution in [3.63, 3.8) is 0 Å². The summed E-state index contributed by atoms with van der Waals surface area (Å²) >= 11 is 0. The van der Waals surface area contributed by atoms with Gasteiger partial charge in [0.05, 0.1) is 6.10 Å². The van der Waals surface area contributed by atoms with Crippen LogP contribution in [0.4, 0.5) is 0 Å². The van der Waals surface area contributed by atoms with Gasteiger partial charge in [-0.05, 0) is 17.6 Å². The lowest BCUT2D eigenvalue weighted by Gasteiger charge is -2.26. The fourth-order valence-corrected chi connectivity index (χ4v) is 1.38. The molecule has 3 nitrogen and oxygen atoms in total. The third-order valence-corrected chi connectivity index (χ3v) is 2.11. The van der Waals surface area contributed by atoms with Crippen LogP contribution in [0, 0.1) is 5.92 Å². The first kappa shape index (κ1) is 9.42. The van der Waals surface area contributed by atoms with Crippen LogP contribution in [0.5, 0.6) is 0 Å². The molecular weight excluding hydrogens is 156 g/mol. The molecule has 0 aromatic carbocycles. The van der Waals surface area contributed by atoms with Crippen LogP contribution in [0.1, 0.15) is 20.3 Å². The molecule has 0 spiro atoms. The zero-order chi connectivity index (χ0) is 9.30. The Hall–Kier alpha value is -0.670. The molecule has 0 bridgehead atoms. The number of ketones is 1. The molecule has 1 aliphatic rings. The topological polar surface area (TPSA) is 57.5 Å². The molecule has 0 aromatic heterocycles. The number of hydrogen-bond donors (Lipinski definition) is 2. The molecule has 0 saturated carbocycles. The van der Waals surface area contributed by atoms with E-state index in [1.807, 2.05) is 13.8 Å². The maximum atomic E-state index is 11.0. The van der Waals surface area contributed by atoms with E-state index in [1.54, 1.807) is 0 Å². The number of carbonyl (C=O) groups is 1. The highest BCUT2D eigenvalue weighted by molar-refractivity contribution is 5.92. The maximum Gasteiger partial charge on any atom is 0.158 e. The van der Waals surface area contributed by atoms with Gasteiger partial charge in [0.25, 0.3) is 0 Å². The Bertz CT molecular complexity index is 218. The molecule has 0 radical (unpaired) electrons. The van der Waals surface area contributed by atoms with Crippen LogP contribution >= 0.6 is 0 Å². The number of carbonyl (C=O) groups excluding carboxylic acids is 1. The van der Waals surface area contributed by atoms with Gasteiger partial charge in [-0.2, -0.15) is 0 Å². The monoisotopic (exact) mass is 170 g/mol. The molecule has 12 heavy (non-hydrogen) atoms. The van der Waals surface area contributed by atoms with Gasteiger partial charge in [-0.3, -0.25) is 4.79 Å². The highest BCUT2D eigenvalue weighted by Crippen LogP contribution is 2.22. The second-order valence-electron chi connectivity index (χ2n) is 3.48. The van der Waals surface area contributed by atoms with Crippen LogP contribution in [-0.4, -0.2) is 28.2 Å². The first-order valence-electron chi connectivity index (χ1n) is 4.13. The van der Waals surface area contributed by atoms with Gasteiger partial charge in [-0.15, -0.1) is 0 Å². The van der Waals surface area contributed by atoms with Gasteiger partial charge in [-0.25, -0.2) is 0 Å². The Morgan fingerprint density at radius 2 is 2.08 bits per heavy atom. The molecule has 0 unspecified atom stereocenters. The largest absolute Gasteiger partial charge is 0.390 e. The van der Waals surface area contributed by atoms with Crippen molar-refractivity contribution in [2.75, 3.05) is 0 Å². The zero-order valence-corrected chi connectivity index (χ0v) is 7.32. The third kappa shape index (κ3) is 1.73. The smallest absolute Gasteiger partial charge is 0.158 e. The van der Waals surface area contributed by atoms with Gasteiger partial charge in [-0.1, -0.05) is 13.8 Å². The number of aliphatic hydroxyl groups is 2. The number of aliphatic hydroxyl groups excluding tert-OH is 2. The minimum absolute atomic E-state index is 0.0391. The Labute approximate surface area is 71.7 Å². The normalized spacial score (nSPS) is 30.8. The fourth-order valence-electron chi connectivity index (χ4n) is 1.38. The predicted molar refractivity (Wildman–Crippen MR) is 44.6 cm³/mol. The van der Waals surface area contributed by atoms with Crippen molar-refractivity contribution in [1.29, 1.82) is 0 Å². The molecule has 1 aliphatic carbocycles. The van der Waals surface area contributed by atoms with E-state index in [4.69, 9.17) is 0 Å². The van der Waals surface area contributed by atoms with E-state index in [0.29, 0.717) is 5.57 Å². The van der Waals surface area contributed by atoms with Crippen molar-refractivity contribution < 1.29 is 15.0 Å². The van der Waals surface area contributed by atoms with Crippen LogP contribution in [0.2, 0.25) is 0 Å². The molecule has 1 rings (SSSR count). The second kappa shape index (κ2) is 3.37. The van der Waals surface area contributed by atoms with Crippen molar-refractivity contribution in [2.24, 2.45) is 5.92 Å². The van der Waals surface area contributed by atoms with E-state index < -0.39 is 12.2 Å². The fraction of sp³-hybridized carbons (Fsp3) is 0.667. The molecule has 2 N–H and O–H groups in total. The van der Waals surface area contributed by atoms with Crippen LogP contribution in [0.3, 0.4) is 0 Å². The molecule has 3 heteroatoms. The summed E-state index contributed by atoms with van der Waals surface area (Å²) in [4.78, 5) is 11.0. The van der Waals surface area contributed by atoms with Crippen molar-refractivity contribution in [2.45, 2.75) is 32.5 Å². The average molecular weight is 170 g/mol. The van der Waals surface area contributed by atoms with E-state index in [2.05, 4.69) is 0 Å². The average Bonchev–Trinajstić information content (AvgIpc) is 1.96. The molecule has 0 heterocycles. The van der Waals surface area contributed by atoms with Crippen LogP contribution in [-0.2, 0) is 4.79 Å². The minimum Gasteiger partial charge on any atom is -0.390 e. The quantitative estimate of drug-likeness (QED) is 0.593. The number of rotatable bonds is 1. The standard InChI is InChI=1S/C9H14O3/c1-5(2)7-3-6(10)4-8(11)9(7)12/h3,5,8-9,11-12H,4H2,1-2H3/t8-,9+/m0/s1. The van der Waals surface area contributed by atoms with Gasteiger partial charge in [0.2, 0.25) is 0 Å². The SMILES string of the molecule is CC(C)C1=CC(=O)C[C@H](O)[C@@H]1O. The summed E-state index contributed by atoms with van der Waals surface area (Å²) in [5.74, 6) is 0.00963. The molecular formula is C9H14O3. The van der Waals surface area contributed by atoms with E-state index >= 15 is 0 Å². The summed E-state index contributed by atoms with van der Waals surface area (Å²) in [5.41, 5.74) is 0.638. The molecule has 2 atom stereocenters. The molecule has 0 aromatic rings. The third-order valence-electron chi connectivity index (χ3n) is 2.11. The van der Waals surface area contributed by atoms with Crippen LogP contribution in [0.25, 0.3) is 0 Å². The Morgan fingerprint density at radius 3 is 2.58 bits per heavy atom. The van der Waals surface area contributed by atoms with Crippen molar-refractivity contribution in [3.8, 4) is 0 Å². The first-order chi connectivity index (χ1) is 5.52. The molecule has 0 fully saturated rings. The highest BCUT2D eigenvalue weighted by Gasteiger charge is 2.29. The van der Waals surface area contributed by atoms with Gasteiger partial charge in [0.1, 0.15) is 6.10 Å². The summed E-state index contributed by atoms with van der Waals surface area (Å²) < 4.78 is 0. The number of allylic oxidation sites excluding steroid dienone is 1. The summed E-state index contributed by atoms with van der Waals surface area (Å²) in [6.45, 7) is 3.78. The van der Waals surface area contributed by atoms with E-state index in [0.717, 1.165) is 0 Å². The Balaban J connectivity index is 2.88.